The Morgan fingerprint density at radius 3 is 2.68 bits per heavy atom. The third kappa shape index (κ3) is 6.91. The van der Waals surface area contributed by atoms with Gasteiger partial charge in [-0.15, -0.1) is 0 Å². The summed E-state index contributed by atoms with van der Waals surface area (Å²) >= 11 is 0. The molecule has 1 aliphatic heterocycles. The lowest BCUT2D eigenvalue weighted by molar-refractivity contribution is -0.117. The van der Waals surface area contributed by atoms with Crippen molar-refractivity contribution in [2.45, 2.75) is 6.42 Å². The Morgan fingerprint density at radius 2 is 2.00 bits per heavy atom. The summed E-state index contributed by atoms with van der Waals surface area (Å²) in [5.41, 5.74) is 1.04. The summed E-state index contributed by atoms with van der Waals surface area (Å²) in [5, 5.41) is 18.1. The molecule has 0 unspecified atom stereocenters. The molecule has 7 heteroatoms. The number of amides is 1. The summed E-state index contributed by atoms with van der Waals surface area (Å²) in [6, 6.07) is 8.17. The highest BCUT2D eigenvalue weighted by atomic mass is 19.1. The number of hydrogen-bond acceptors (Lipinski definition) is 5. The lowest BCUT2D eigenvalue weighted by Crippen LogP contribution is -2.46. The molecule has 0 aromatic heterocycles. The molecular weight excluding hydrogens is 321 g/mol. The number of halogens is 1. The maximum atomic E-state index is 12.8. The molecule has 6 nitrogen and oxygen atoms in total. The van der Waals surface area contributed by atoms with Gasteiger partial charge in [0.15, 0.2) is 0 Å². The van der Waals surface area contributed by atoms with Crippen molar-refractivity contribution in [3.05, 3.63) is 47.4 Å². The van der Waals surface area contributed by atoms with Gasteiger partial charge in [0.2, 0.25) is 0 Å². The van der Waals surface area contributed by atoms with Gasteiger partial charge in [-0.1, -0.05) is 12.1 Å². The minimum Gasteiger partial charge on any atom is -0.389 e. The van der Waals surface area contributed by atoms with Crippen LogP contribution in [0.5, 0.6) is 0 Å². The number of rotatable bonds is 8. The topological polar surface area (TPSA) is 80.2 Å². The van der Waals surface area contributed by atoms with Gasteiger partial charge in [-0.25, -0.2) is 4.39 Å². The monoisotopic (exact) mass is 345 g/mol. The molecule has 1 aromatic carbocycles. The smallest absolute Gasteiger partial charge is 0.263 e. The number of carbonyl (C=O) groups is 1. The van der Waals surface area contributed by atoms with E-state index in [0.717, 1.165) is 38.3 Å². The Balaban J connectivity index is 1.68. The van der Waals surface area contributed by atoms with Crippen LogP contribution in [0, 0.1) is 17.1 Å². The fourth-order valence-electron chi connectivity index (χ4n) is 2.55. The van der Waals surface area contributed by atoms with Gasteiger partial charge >= 0.3 is 0 Å². The fraction of sp³-hybridized carbons (Fsp3) is 0.444. The van der Waals surface area contributed by atoms with E-state index in [2.05, 4.69) is 20.9 Å². The zero-order chi connectivity index (χ0) is 17.9. The number of carbonyl (C=O) groups excluding carboxylic acids is 1. The average Bonchev–Trinajstić information content (AvgIpc) is 2.64. The number of nitrogens with one attached hydrogen (secondary N) is 3. The van der Waals surface area contributed by atoms with Crippen molar-refractivity contribution in [2.24, 2.45) is 0 Å². The maximum absolute atomic E-state index is 12.8. The molecule has 1 aliphatic rings. The van der Waals surface area contributed by atoms with Gasteiger partial charge in [-0.05, 0) is 24.1 Å². The van der Waals surface area contributed by atoms with Gasteiger partial charge in [0.05, 0.1) is 0 Å². The molecule has 2 rings (SSSR count). The van der Waals surface area contributed by atoms with E-state index in [4.69, 9.17) is 5.26 Å². The Morgan fingerprint density at radius 1 is 1.28 bits per heavy atom. The number of nitrogens with zero attached hydrogens (tertiary/aromatic N) is 2. The molecule has 1 aromatic rings. The van der Waals surface area contributed by atoms with Crippen molar-refractivity contribution in [1.82, 2.24) is 20.9 Å². The van der Waals surface area contributed by atoms with E-state index >= 15 is 0 Å². The van der Waals surface area contributed by atoms with Crippen LogP contribution < -0.4 is 16.0 Å². The second-order valence-corrected chi connectivity index (χ2v) is 5.85. The van der Waals surface area contributed by atoms with Gasteiger partial charge in [-0.2, -0.15) is 5.26 Å². The number of nitriles is 1. The van der Waals surface area contributed by atoms with Crippen molar-refractivity contribution in [3.63, 3.8) is 0 Å². The number of benzene rings is 1. The minimum atomic E-state index is -0.369. The summed E-state index contributed by atoms with van der Waals surface area (Å²) in [6.07, 6.45) is 2.11. The Bertz CT molecular complexity index is 617. The second kappa shape index (κ2) is 10.4. The molecule has 0 spiro atoms. The summed E-state index contributed by atoms with van der Waals surface area (Å²) in [6.45, 7) is 5.75. The van der Waals surface area contributed by atoms with Crippen LogP contribution >= 0.6 is 0 Å². The van der Waals surface area contributed by atoms with Crippen molar-refractivity contribution < 1.29 is 9.18 Å². The van der Waals surface area contributed by atoms with Gasteiger partial charge in [0.1, 0.15) is 17.5 Å². The fourth-order valence-corrected chi connectivity index (χ4v) is 2.55. The normalized spacial score (nSPS) is 15.4. The largest absolute Gasteiger partial charge is 0.389 e. The maximum Gasteiger partial charge on any atom is 0.263 e. The van der Waals surface area contributed by atoms with Crippen molar-refractivity contribution in [2.75, 3.05) is 45.8 Å². The Labute approximate surface area is 147 Å². The van der Waals surface area contributed by atoms with E-state index < -0.39 is 0 Å². The van der Waals surface area contributed by atoms with Gasteiger partial charge in [0, 0.05) is 52.0 Å². The van der Waals surface area contributed by atoms with Crippen LogP contribution in [0.15, 0.2) is 36.0 Å². The zero-order valence-corrected chi connectivity index (χ0v) is 14.2. The standard InChI is InChI=1S/C18H24FN5O/c19-17-3-1-15(2-4-17)5-6-22-14-16(13-20)18(25)23-9-12-24-10-7-21-8-11-24/h1-4,14,21-22H,5-12H2,(H,23,25)/b16-14-. The molecule has 0 aliphatic carbocycles. The summed E-state index contributed by atoms with van der Waals surface area (Å²) in [5.74, 6) is -0.632. The molecule has 0 radical (unpaired) electrons. The van der Waals surface area contributed by atoms with Gasteiger partial charge in [-0.3, -0.25) is 9.69 Å². The summed E-state index contributed by atoms with van der Waals surface area (Å²) in [7, 11) is 0. The van der Waals surface area contributed by atoms with E-state index in [-0.39, 0.29) is 17.3 Å². The van der Waals surface area contributed by atoms with E-state index in [1.54, 1.807) is 12.1 Å². The molecular formula is C18H24FN5O. The second-order valence-electron chi connectivity index (χ2n) is 5.85. The lowest BCUT2D eigenvalue weighted by atomic mass is 10.1. The first-order chi connectivity index (χ1) is 12.2. The summed E-state index contributed by atoms with van der Waals surface area (Å²) < 4.78 is 12.8. The first-order valence-corrected chi connectivity index (χ1v) is 8.48. The van der Waals surface area contributed by atoms with Crippen LogP contribution in [0.25, 0.3) is 0 Å². The van der Waals surface area contributed by atoms with E-state index in [1.807, 2.05) is 6.07 Å². The van der Waals surface area contributed by atoms with Crippen LogP contribution in [0.2, 0.25) is 0 Å². The molecule has 1 saturated heterocycles. The van der Waals surface area contributed by atoms with Crippen LogP contribution in [-0.2, 0) is 11.2 Å². The molecule has 0 saturated carbocycles. The highest BCUT2D eigenvalue weighted by molar-refractivity contribution is 5.97. The van der Waals surface area contributed by atoms with Crippen molar-refractivity contribution in [3.8, 4) is 6.07 Å². The molecule has 1 fully saturated rings. The predicted octanol–water partition coefficient (Wildman–Crippen LogP) is 0.387. The first kappa shape index (κ1) is 18.9. The molecule has 0 atom stereocenters. The van der Waals surface area contributed by atoms with Crippen LogP contribution in [0.1, 0.15) is 5.56 Å². The lowest BCUT2D eigenvalue weighted by Gasteiger charge is -2.27. The molecule has 1 amide bonds. The first-order valence-electron chi connectivity index (χ1n) is 8.48. The van der Waals surface area contributed by atoms with Crippen LogP contribution in [0.3, 0.4) is 0 Å². The molecule has 134 valence electrons. The predicted molar refractivity (Wildman–Crippen MR) is 94.1 cm³/mol. The zero-order valence-electron chi connectivity index (χ0n) is 14.2. The molecule has 0 bridgehead atoms. The van der Waals surface area contributed by atoms with Crippen molar-refractivity contribution in [1.29, 1.82) is 5.26 Å². The third-order valence-electron chi connectivity index (χ3n) is 4.01. The molecule has 25 heavy (non-hydrogen) atoms. The SMILES string of the molecule is N#C/C(=C/NCCc1ccc(F)cc1)C(=O)NCCN1CCNCC1. The number of hydrogen-bond donors (Lipinski definition) is 3. The van der Waals surface area contributed by atoms with E-state index in [1.165, 1.54) is 18.3 Å². The third-order valence-corrected chi connectivity index (χ3v) is 4.01. The van der Waals surface area contributed by atoms with Crippen molar-refractivity contribution >= 4 is 5.91 Å². The summed E-state index contributed by atoms with van der Waals surface area (Å²) in [4.78, 5) is 14.3. The molecule has 3 N–H and O–H groups in total. The van der Waals surface area contributed by atoms with Gasteiger partial charge < -0.3 is 16.0 Å². The molecule has 1 heterocycles. The number of piperazine rings is 1. The van der Waals surface area contributed by atoms with Gasteiger partial charge in [0.25, 0.3) is 5.91 Å². The Hall–Kier alpha value is -2.43. The Kier molecular flexibility index (Phi) is 7.89. The van der Waals surface area contributed by atoms with Crippen LogP contribution in [-0.4, -0.2) is 56.6 Å². The van der Waals surface area contributed by atoms with E-state index in [9.17, 15) is 9.18 Å². The average molecular weight is 345 g/mol. The highest BCUT2D eigenvalue weighted by Gasteiger charge is 2.11. The highest BCUT2D eigenvalue weighted by Crippen LogP contribution is 2.02. The van der Waals surface area contributed by atoms with E-state index in [0.29, 0.717) is 19.5 Å². The minimum absolute atomic E-state index is 0.0550. The quantitative estimate of drug-likeness (QED) is 0.361. The van der Waals surface area contributed by atoms with Crippen LogP contribution in [0.4, 0.5) is 4.39 Å².